The average Bonchev–Trinajstić information content (AvgIpc) is 3.58. The summed E-state index contributed by atoms with van der Waals surface area (Å²) in [4.78, 5) is 11.9. The maximum Gasteiger partial charge on any atom is 0.331 e. The van der Waals surface area contributed by atoms with Crippen molar-refractivity contribution in [2.24, 2.45) is 34.5 Å². The van der Waals surface area contributed by atoms with E-state index in [1.165, 1.54) is 6.92 Å². The van der Waals surface area contributed by atoms with Crippen LogP contribution in [0.2, 0.25) is 0 Å². The molecular formula is C35H54O12. The third-order valence-electron chi connectivity index (χ3n) is 14.1. The molecule has 7 rings (SSSR count). The Labute approximate surface area is 276 Å². The van der Waals surface area contributed by atoms with Crippen LogP contribution in [0.4, 0.5) is 0 Å². The van der Waals surface area contributed by atoms with Crippen molar-refractivity contribution in [2.75, 3.05) is 6.61 Å². The Morgan fingerprint density at radius 1 is 0.766 bits per heavy atom. The smallest absolute Gasteiger partial charge is 0.331 e. The molecule has 0 radical (unpaired) electrons. The standard InChI is InChI=1S/C35H54O12/c1-16-25(37)27(39)28(40)31(44-16)47-30-26(38)17(2)45-32(29(30)41)46-20-7-10-33(3)19(14-20)5-6-23-22(33)8-11-34(4)21(9-12-35(23,34)42)18-13-24(36)43-15-18/h13,16-17,19-23,25-32,37-42H,5-12,14-15H2,1-4H3/t16?,17?,19-,20+,21-,22?,23?,25+,26+,27+,28+,29+,30+,31?,32?,33?,34?,35+/m1/s1. The molecule has 0 aromatic carbocycles. The Hall–Kier alpha value is -1.19. The summed E-state index contributed by atoms with van der Waals surface area (Å²) in [7, 11) is 0. The van der Waals surface area contributed by atoms with Crippen LogP contribution >= 0.6 is 0 Å². The highest BCUT2D eigenvalue weighted by Gasteiger charge is 2.68. The maximum absolute atomic E-state index is 12.5. The molecular weight excluding hydrogens is 612 g/mol. The van der Waals surface area contributed by atoms with Gasteiger partial charge in [-0.3, -0.25) is 0 Å². The van der Waals surface area contributed by atoms with Crippen molar-refractivity contribution in [3.05, 3.63) is 11.6 Å². The van der Waals surface area contributed by atoms with Gasteiger partial charge in [0.2, 0.25) is 0 Å². The lowest BCUT2D eigenvalue weighted by atomic mass is 9.43. The van der Waals surface area contributed by atoms with Gasteiger partial charge in [-0.05, 0) is 106 Å². The van der Waals surface area contributed by atoms with Crippen molar-refractivity contribution in [1.82, 2.24) is 0 Å². The number of esters is 1. The molecule has 12 heteroatoms. The lowest BCUT2D eigenvalue weighted by Crippen LogP contribution is -2.64. The molecule has 0 aromatic rings. The fourth-order valence-corrected chi connectivity index (χ4v) is 11.2. The SMILES string of the molecule is CC1OC(O[C@@H]2[C@H](O)C(O[C@H]3CCC4(C)C5CCC6(C)[C@@H](C7=CC(=O)OC7)CC[C@]6(O)C5CC[C@@H]4C3)OC(C)[C@@H]2O)[C@@H](O)[C@@H](O)[C@H]1O. The fraction of sp³-hybridized carbons (Fsp3) is 0.914. The molecule has 3 heterocycles. The Kier molecular flexibility index (Phi) is 8.93. The van der Waals surface area contributed by atoms with Gasteiger partial charge in [0.25, 0.3) is 0 Å². The summed E-state index contributed by atoms with van der Waals surface area (Å²) in [6.07, 6.45) is -2.82. The molecule has 6 N–H and O–H groups in total. The topological polar surface area (TPSA) is 185 Å². The number of fused-ring (bicyclic) bond motifs is 5. The number of carbonyl (C=O) groups excluding carboxylic acids is 1. The van der Waals surface area contributed by atoms with Crippen LogP contribution in [0, 0.1) is 34.5 Å². The molecule has 4 saturated carbocycles. The van der Waals surface area contributed by atoms with Crippen LogP contribution in [0.1, 0.15) is 85.5 Å². The van der Waals surface area contributed by atoms with E-state index in [2.05, 4.69) is 13.8 Å². The largest absolute Gasteiger partial charge is 0.458 e. The van der Waals surface area contributed by atoms with Gasteiger partial charge in [0.15, 0.2) is 12.6 Å². The Morgan fingerprint density at radius 2 is 1.47 bits per heavy atom. The van der Waals surface area contributed by atoms with E-state index in [1.54, 1.807) is 13.0 Å². The fourth-order valence-electron chi connectivity index (χ4n) is 11.2. The summed E-state index contributed by atoms with van der Waals surface area (Å²) in [6, 6.07) is 0. The van der Waals surface area contributed by atoms with Gasteiger partial charge < -0.3 is 54.3 Å². The maximum atomic E-state index is 12.5. The van der Waals surface area contributed by atoms with E-state index in [4.69, 9.17) is 23.7 Å². The molecule has 18 atom stereocenters. The molecule has 47 heavy (non-hydrogen) atoms. The normalized spacial score (nSPS) is 56.3. The molecule has 8 unspecified atom stereocenters. The van der Waals surface area contributed by atoms with E-state index >= 15 is 0 Å². The van der Waals surface area contributed by atoms with Gasteiger partial charge in [0.05, 0.1) is 23.9 Å². The Bertz CT molecular complexity index is 1230. The number of rotatable bonds is 5. The summed E-state index contributed by atoms with van der Waals surface area (Å²) in [5, 5.41) is 65.4. The van der Waals surface area contributed by atoms with Crippen LogP contribution in [0.15, 0.2) is 11.6 Å². The average molecular weight is 667 g/mol. The number of hydrogen-bond donors (Lipinski definition) is 6. The first-order valence-electron chi connectivity index (χ1n) is 17.8. The highest BCUT2D eigenvalue weighted by atomic mass is 16.7. The minimum Gasteiger partial charge on any atom is -0.458 e. The summed E-state index contributed by atoms with van der Waals surface area (Å²) in [5.41, 5.74) is 0.0310. The van der Waals surface area contributed by atoms with Crippen LogP contribution in [-0.4, -0.2) is 116 Å². The number of ether oxygens (including phenoxy) is 5. The quantitative estimate of drug-likeness (QED) is 0.183. The summed E-state index contributed by atoms with van der Waals surface area (Å²) >= 11 is 0. The molecule has 0 aromatic heterocycles. The minimum absolute atomic E-state index is 0.0430. The predicted molar refractivity (Wildman–Crippen MR) is 164 cm³/mol. The zero-order valence-corrected chi connectivity index (χ0v) is 27.9. The van der Waals surface area contributed by atoms with E-state index in [-0.39, 0.29) is 34.7 Å². The van der Waals surface area contributed by atoms with Gasteiger partial charge in [0, 0.05) is 11.5 Å². The number of aliphatic hydroxyl groups excluding tert-OH is 5. The van der Waals surface area contributed by atoms with Crippen molar-refractivity contribution in [3.63, 3.8) is 0 Å². The molecule has 12 nitrogen and oxygen atoms in total. The molecule has 0 amide bonds. The van der Waals surface area contributed by atoms with Gasteiger partial charge in [0.1, 0.15) is 43.2 Å². The van der Waals surface area contributed by atoms with Gasteiger partial charge in [-0.15, -0.1) is 0 Å². The number of carbonyl (C=O) groups is 1. The van der Waals surface area contributed by atoms with Gasteiger partial charge in [-0.2, -0.15) is 0 Å². The monoisotopic (exact) mass is 666 g/mol. The number of hydrogen-bond acceptors (Lipinski definition) is 12. The van der Waals surface area contributed by atoms with Crippen LogP contribution in [0.5, 0.6) is 0 Å². The van der Waals surface area contributed by atoms with Gasteiger partial charge >= 0.3 is 5.97 Å². The lowest BCUT2D eigenvalue weighted by Gasteiger charge is -2.64. The van der Waals surface area contributed by atoms with Crippen molar-refractivity contribution in [2.45, 2.75) is 159 Å². The zero-order valence-electron chi connectivity index (χ0n) is 27.9. The molecule has 4 aliphatic carbocycles. The second-order valence-corrected chi connectivity index (χ2v) is 16.3. The second kappa shape index (κ2) is 12.2. The lowest BCUT2D eigenvalue weighted by molar-refractivity contribution is -0.359. The second-order valence-electron chi connectivity index (χ2n) is 16.3. The molecule has 0 spiro atoms. The summed E-state index contributed by atoms with van der Waals surface area (Å²) in [5.74, 6) is 0.862. The first-order chi connectivity index (χ1) is 22.2. The van der Waals surface area contributed by atoms with Crippen LogP contribution < -0.4 is 0 Å². The minimum atomic E-state index is -1.58. The van der Waals surface area contributed by atoms with Crippen LogP contribution in [-0.2, 0) is 28.5 Å². The molecule has 0 bridgehead atoms. The van der Waals surface area contributed by atoms with E-state index in [0.29, 0.717) is 18.4 Å². The van der Waals surface area contributed by atoms with E-state index in [1.807, 2.05) is 0 Å². The number of cyclic esters (lactones) is 1. The van der Waals surface area contributed by atoms with Crippen molar-refractivity contribution < 1.29 is 59.1 Å². The van der Waals surface area contributed by atoms with Gasteiger partial charge in [-0.25, -0.2) is 4.79 Å². The van der Waals surface area contributed by atoms with Crippen molar-refractivity contribution >= 4 is 5.97 Å². The first-order valence-corrected chi connectivity index (χ1v) is 17.8. The predicted octanol–water partition coefficient (Wildman–Crippen LogP) is 1.31. The Balaban J connectivity index is 1.01. The molecule has 3 aliphatic heterocycles. The zero-order chi connectivity index (χ0) is 33.6. The Morgan fingerprint density at radius 3 is 2.17 bits per heavy atom. The van der Waals surface area contributed by atoms with Crippen molar-refractivity contribution in [1.29, 1.82) is 0 Å². The first kappa shape index (κ1) is 34.3. The summed E-state index contributed by atoms with van der Waals surface area (Å²) in [6.45, 7) is 8.17. The highest BCUT2D eigenvalue weighted by molar-refractivity contribution is 5.85. The number of aliphatic hydroxyl groups is 6. The van der Waals surface area contributed by atoms with Crippen molar-refractivity contribution in [3.8, 4) is 0 Å². The molecule has 266 valence electrons. The van der Waals surface area contributed by atoms with Crippen LogP contribution in [0.25, 0.3) is 0 Å². The molecule has 2 saturated heterocycles. The van der Waals surface area contributed by atoms with Crippen LogP contribution in [0.3, 0.4) is 0 Å². The summed E-state index contributed by atoms with van der Waals surface area (Å²) < 4.78 is 29.0. The van der Waals surface area contributed by atoms with E-state index in [0.717, 1.165) is 63.4 Å². The van der Waals surface area contributed by atoms with E-state index in [9.17, 15) is 35.4 Å². The third-order valence-corrected chi connectivity index (χ3v) is 14.1. The van der Waals surface area contributed by atoms with E-state index < -0.39 is 67.0 Å². The van der Waals surface area contributed by atoms with Gasteiger partial charge in [-0.1, -0.05) is 13.8 Å². The molecule has 7 aliphatic rings. The highest BCUT2D eigenvalue weighted by Crippen LogP contribution is 2.70. The third kappa shape index (κ3) is 5.36. The molecule has 6 fully saturated rings.